The van der Waals surface area contributed by atoms with Gasteiger partial charge in [-0.1, -0.05) is 71.1 Å². The Morgan fingerprint density at radius 2 is 1.19 bits per heavy atom. The van der Waals surface area contributed by atoms with E-state index in [9.17, 15) is 4.79 Å². The van der Waals surface area contributed by atoms with E-state index in [0.717, 1.165) is 26.1 Å². The molecule has 0 aromatic carbocycles. The monoisotopic (exact) mass is 377 g/mol. The molecule has 0 saturated carbocycles. The van der Waals surface area contributed by atoms with Crippen LogP contribution in [0.2, 0.25) is 0 Å². The predicted octanol–water partition coefficient (Wildman–Crippen LogP) is 3.35. The van der Waals surface area contributed by atoms with Crippen LogP contribution in [0.5, 0.6) is 0 Å². The number of aliphatic carboxylic acids is 1. The van der Waals surface area contributed by atoms with Crippen molar-refractivity contribution in [2.24, 2.45) is 0 Å². The highest BCUT2D eigenvalue weighted by Crippen LogP contribution is 2.11. The van der Waals surface area contributed by atoms with Crippen LogP contribution in [0.15, 0.2) is 0 Å². The Bertz CT molecular complexity index is 256. The van der Waals surface area contributed by atoms with Gasteiger partial charge in [0.25, 0.3) is 0 Å². The molecule has 0 spiro atoms. The minimum Gasteiger partial charge on any atom is -0.481 e. The molecule has 0 radical (unpaired) electrons. The molecule has 1 rings (SSSR count). The second kappa shape index (κ2) is 26.5. The standard InChI is InChI=1S/C14H28O2.C4H11NO2.C2H4O/c1-2-3-4-5-6-7-8-9-10-11-12-13-14(15)16;6-3-1-5-2-4-7;1-2-3-1/h2-13H2,1H3,(H,15,16);5-7H,1-4H2;1-2H2. The van der Waals surface area contributed by atoms with E-state index in [4.69, 9.17) is 15.3 Å². The van der Waals surface area contributed by atoms with Crippen LogP contribution in [0.4, 0.5) is 0 Å². The fraction of sp³-hybridized carbons (Fsp3) is 0.950. The Kier molecular flexibility index (Phi) is 28.1. The zero-order chi connectivity index (χ0) is 19.7. The van der Waals surface area contributed by atoms with E-state index in [-0.39, 0.29) is 13.2 Å². The summed E-state index contributed by atoms with van der Waals surface area (Å²) < 4.78 is 4.50. The van der Waals surface area contributed by atoms with Gasteiger partial charge < -0.3 is 25.4 Å². The summed E-state index contributed by atoms with van der Waals surface area (Å²) in [5.74, 6) is -0.657. The number of nitrogens with one attached hydrogen (secondary N) is 1. The lowest BCUT2D eigenvalue weighted by Crippen LogP contribution is -2.21. The molecule has 1 fully saturated rings. The molecule has 26 heavy (non-hydrogen) atoms. The molecule has 0 aromatic heterocycles. The molecule has 1 saturated heterocycles. The molecule has 1 aliphatic heterocycles. The van der Waals surface area contributed by atoms with E-state index in [0.29, 0.717) is 19.5 Å². The molecule has 0 unspecified atom stereocenters. The first-order valence-electron chi connectivity index (χ1n) is 10.4. The third-order valence-corrected chi connectivity index (χ3v) is 3.78. The molecule has 1 aliphatic rings. The van der Waals surface area contributed by atoms with Crippen molar-refractivity contribution in [3.8, 4) is 0 Å². The van der Waals surface area contributed by atoms with Crippen LogP contribution in [0, 0.1) is 0 Å². The zero-order valence-corrected chi connectivity index (χ0v) is 16.9. The van der Waals surface area contributed by atoms with Crippen molar-refractivity contribution in [3.63, 3.8) is 0 Å². The van der Waals surface area contributed by atoms with Crippen LogP contribution in [0.1, 0.15) is 84.0 Å². The Morgan fingerprint density at radius 1 is 0.808 bits per heavy atom. The largest absolute Gasteiger partial charge is 0.481 e. The van der Waals surface area contributed by atoms with Gasteiger partial charge in [0, 0.05) is 19.5 Å². The summed E-state index contributed by atoms with van der Waals surface area (Å²) in [5, 5.41) is 27.5. The van der Waals surface area contributed by atoms with Crippen molar-refractivity contribution in [3.05, 3.63) is 0 Å². The van der Waals surface area contributed by atoms with Gasteiger partial charge in [-0.25, -0.2) is 0 Å². The second-order valence-corrected chi connectivity index (χ2v) is 6.49. The fourth-order valence-corrected chi connectivity index (χ4v) is 2.22. The highest BCUT2D eigenvalue weighted by atomic mass is 16.6. The highest BCUT2D eigenvalue weighted by molar-refractivity contribution is 5.66. The Morgan fingerprint density at radius 3 is 1.50 bits per heavy atom. The van der Waals surface area contributed by atoms with Gasteiger partial charge in [0.1, 0.15) is 0 Å². The Hall–Kier alpha value is -0.690. The SMILES string of the molecule is C1CO1.CCCCCCCCCCCCCC(=O)O.OCCNCCO. The average Bonchev–Trinajstić information content (AvgIpc) is 3.50. The maximum absolute atomic E-state index is 10.3. The van der Waals surface area contributed by atoms with Gasteiger partial charge in [-0.2, -0.15) is 0 Å². The summed E-state index contributed by atoms with van der Waals surface area (Å²) in [6.45, 7) is 5.66. The molecule has 158 valence electrons. The van der Waals surface area contributed by atoms with E-state index in [2.05, 4.69) is 17.0 Å². The summed E-state index contributed by atoms with van der Waals surface area (Å²) in [4.78, 5) is 10.3. The first kappa shape index (κ1) is 27.5. The third kappa shape index (κ3) is 38.7. The number of carboxylic acids is 1. The van der Waals surface area contributed by atoms with Gasteiger partial charge in [-0.05, 0) is 6.42 Å². The lowest BCUT2D eigenvalue weighted by Gasteiger charge is -2.01. The molecule has 0 atom stereocenters. The number of ether oxygens (including phenoxy) is 1. The van der Waals surface area contributed by atoms with Crippen molar-refractivity contribution in [1.82, 2.24) is 5.32 Å². The molecular weight excluding hydrogens is 334 g/mol. The number of aliphatic hydroxyl groups excluding tert-OH is 2. The Balaban J connectivity index is 0. The maximum atomic E-state index is 10.3. The zero-order valence-electron chi connectivity index (χ0n) is 16.9. The Labute approximate surface area is 160 Å². The lowest BCUT2D eigenvalue weighted by atomic mass is 10.1. The molecule has 0 amide bonds. The van der Waals surface area contributed by atoms with E-state index in [1.165, 1.54) is 57.8 Å². The smallest absolute Gasteiger partial charge is 0.303 e. The van der Waals surface area contributed by atoms with Crippen LogP contribution in [0.25, 0.3) is 0 Å². The van der Waals surface area contributed by atoms with Crippen molar-refractivity contribution < 1.29 is 24.9 Å². The molecule has 0 aliphatic carbocycles. The topological polar surface area (TPSA) is 102 Å². The van der Waals surface area contributed by atoms with E-state index in [1.807, 2.05) is 0 Å². The summed E-state index contributed by atoms with van der Waals surface area (Å²) in [7, 11) is 0. The predicted molar refractivity (Wildman–Crippen MR) is 107 cm³/mol. The molecular formula is C20H43NO5. The van der Waals surface area contributed by atoms with Crippen LogP contribution >= 0.6 is 0 Å². The first-order valence-corrected chi connectivity index (χ1v) is 10.4. The first-order chi connectivity index (χ1) is 12.7. The number of carboxylic acid groups (broad SMARTS) is 1. The van der Waals surface area contributed by atoms with Crippen molar-refractivity contribution in [1.29, 1.82) is 0 Å². The van der Waals surface area contributed by atoms with Gasteiger partial charge in [0.05, 0.1) is 26.4 Å². The van der Waals surface area contributed by atoms with Crippen molar-refractivity contribution in [2.75, 3.05) is 39.5 Å². The summed E-state index contributed by atoms with van der Waals surface area (Å²) in [5.41, 5.74) is 0. The van der Waals surface area contributed by atoms with E-state index in [1.54, 1.807) is 0 Å². The third-order valence-electron chi connectivity index (χ3n) is 3.78. The van der Waals surface area contributed by atoms with E-state index < -0.39 is 5.97 Å². The summed E-state index contributed by atoms with van der Waals surface area (Å²) >= 11 is 0. The van der Waals surface area contributed by atoms with Gasteiger partial charge in [-0.15, -0.1) is 0 Å². The molecule has 4 N–H and O–H groups in total. The van der Waals surface area contributed by atoms with E-state index >= 15 is 0 Å². The number of hydrogen-bond acceptors (Lipinski definition) is 5. The fourth-order valence-electron chi connectivity index (χ4n) is 2.22. The van der Waals surface area contributed by atoms with Gasteiger partial charge in [0.2, 0.25) is 0 Å². The van der Waals surface area contributed by atoms with Crippen molar-refractivity contribution >= 4 is 5.97 Å². The normalized spacial score (nSPS) is 11.8. The van der Waals surface area contributed by atoms with Crippen LogP contribution < -0.4 is 5.32 Å². The molecule has 6 nitrogen and oxygen atoms in total. The quantitative estimate of drug-likeness (QED) is 0.243. The molecule has 0 bridgehead atoms. The van der Waals surface area contributed by atoms with Gasteiger partial charge in [0.15, 0.2) is 0 Å². The number of aliphatic hydroxyl groups is 2. The number of unbranched alkanes of at least 4 members (excludes halogenated alkanes) is 10. The summed E-state index contributed by atoms with van der Waals surface area (Å²) in [6.07, 6.45) is 14.4. The number of rotatable bonds is 16. The van der Waals surface area contributed by atoms with Crippen LogP contribution in [-0.2, 0) is 9.53 Å². The van der Waals surface area contributed by atoms with Crippen LogP contribution in [-0.4, -0.2) is 60.8 Å². The maximum Gasteiger partial charge on any atom is 0.303 e. The average molecular weight is 378 g/mol. The molecule has 1 heterocycles. The van der Waals surface area contributed by atoms with Gasteiger partial charge >= 0.3 is 5.97 Å². The lowest BCUT2D eigenvalue weighted by molar-refractivity contribution is -0.137. The minimum atomic E-state index is -0.657. The van der Waals surface area contributed by atoms with Crippen LogP contribution in [0.3, 0.4) is 0 Å². The second-order valence-electron chi connectivity index (χ2n) is 6.49. The molecule has 6 heteroatoms. The minimum absolute atomic E-state index is 0.139. The number of epoxide rings is 1. The summed E-state index contributed by atoms with van der Waals surface area (Å²) in [6, 6.07) is 0. The molecule has 0 aromatic rings. The van der Waals surface area contributed by atoms with Gasteiger partial charge in [-0.3, -0.25) is 4.79 Å². The van der Waals surface area contributed by atoms with Crippen molar-refractivity contribution in [2.45, 2.75) is 84.0 Å². The number of hydrogen-bond donors (Lipinski definition) is 4. The number of carbonyl (C=O) groups is 1. The highest BCUT2D eigenvalue weighted by Gasteiger charge is 1.96.